The van der Waals surface area contributed by atoms with Crippen LogP contribution in [-0.4, -0.2) is 47.6 Å². The molecule has 0 spiro atoms. The van der Waals surface area contributed by atoms with Crippen LogP contribution in [0.5, 0.6) is 0 Å². The van der Waals surface area contributed by atoms with E-state index in [9.17, 15) is 27.6 Å². The molecule has 3 aromatic rings. The molecule has 0 aliphatic rings. The predicted octanol–water partition coefficient (Wildman–Crippen LogP) is 5.20. The summed E-state index contributed by atoms with van der Waals surface area (Å²) in [4.78, 5) is 34.4. The van der Waals surface area contributed by atoms with E-state index in [0.29, 0.717) is 11.1 Å². The number of benzene rings is 2. The van der Waals surface area contributed by atoms with Crippen LogP contribution in [0.1, 0.15) is 62.4 Å². The summed E-state index contributed by atoms with van der Waals surface area (Å²) in [5.41, 5.74) is 0.0398. The van der Waals surface area contributed by atoms with Gasteiger partial charge in [-0.15, -0.1) is 9.24 Å². The van der Waals surface area contributed by atoms with Crippen LogP contribution in [0.2, 0.25) is 0 Å². The highest BCUT2D eigenvalue weighted by molar-refractivity contribution is 7.27. The highest BCUT2D eigenvalue weighted by atomic mass is 31.0. The number of nitrogens with one attached hydrogen (secondary N) is 1. The monoisotopic (exact) mass is 626 g/mol. The number of aliphatic hydroxyl groups excluding tert-OH is 1. The second-order valence-corrected chi connectivity index (χ2v) is 10.9. The normalized spacial score (nSPS) is 11.1. The Labute approximate surface area is 252 Å². The van der Waals surface area contributed by atoms with Crippen LogP contribution in [0.4, 0.5) is 18.0 Å². The van der Waals surface area contributed by atoms with Crippen molar-refractivity contribution in [3.05, 3.63) is 74.6 Å². The van der Waals surface area contributed by atoms with Gasteiger partial charge in [-0.2, -0.15) is 13.2 Å². The van der Waals surface area contributed by atoms with Crippen LogP contribution in [0.3, 0.4) is 0 Å². The second kappa shape index (κ2) is 16.4. The number of halogens is 3. The van der Waals surface area contributed by atoms with Gasteiger partial charge in [0, 0.05) is 31.0 Å². The van der Waals surface area contributed by atoms with E-state index < -0.39 is 35.0 Å². The zero-order valence-corrected chi connectivity index (χ0v) is 27.1. The topological polar surface area (TPSA) is 107 Å². The SMILES string of the molecule is CC.COC(=O)CNC(=O)OC(C)(C)C.Cc1cccc(Cc2c(C(F)(F)F)c3cc(CCO)ccc3n(C)c2=O)c1P. The van der Waals surface area contributed by atoms with Gasteiger partial charge in [-0.3, -0.25) is 9.59 Å². The number of alkyl halides is 3. The van der Waals surface area contributed by atoms with Crippen molar-refractivity contribution in [2.24, 2.45) is 7.05 Å². The van der Waals surface area contributed by atoms with Gasteiger partial charge in [0.15, 0.2) is 0 Å². The van der Waals surface area contributed by atoms with Crippen LogP contribution in [-0.2, 0) is 40.3 Å². The number of aryl methyl sites for hydroxylation is 2. The number of aromatic nitrogens is 1. The van der Waals surface area contributed by atoms with E-state index in [1.54, 1.807) is 39.0 Å². The molecule has 2 N–H and O–H groups in total. The molecule has 0 saturated heterocycles. The number of nitrogens with zero attached hydrogens (tertiary/aromatic N) is 1. The van der Waals surface area contributed by atoms with E-state index in [-0.39, 0.29) is 42.5 Å². The van der Waals surface area contributed by atoms with Crippen LogP contribution >= 0.6 is 9.24 Å². The molecule has 12 heteroatoms. The highest BCUT2D eigenvalue weighted by Crippen LogP contribution is 2.37. The number of ether oxygens (including phenoxy) is 2. The van der Waals surface area contributed by atoms with Crippen LogP contribution in [0.25, 0.3) is 10.9 Å². The molecule has 0 aliphatic carbocycles. The van der Waals surface area contributed by atoms with Gasteiger partial charge >= 0.3 is 18.2 Å². The number of fused-ring (bicyclic) bond motifs is 1. The molecular weight excluding hydrogens is 584 g/mol. The molecule has 1 unspecified atom stereocenters. The smallest absolute Gasteiger partial charge is 0.417 e. The molecule has 0 saturated carbocycles. The van der Waals surface area contributed by atoms with E-state index in [1.807, 2.05) is 26.8 Å². The number of pyridine rings is 1. The van der Waals surface area contributed by atoms with Gasteiger partial charge in [-0.1, -0.05) is 38.1 Å². The van der Waals surface area contributed by atoms with Crippen LogP contribution in [0.15, 0.2) is 41.2 Å². The fourth-order valence-corrected chi connectivity index (χ4v) is 4.34. The number of carbonyl (C=O) groups is 2. The van der Waals surface area contributed by atoms with Gasteiger partial charge in [-0.05, 0) is 68.2 Å². The maximum absolute atomic E-state index is 14.1. The quantitative estimate of drug-likeness (QED) is 0.288. The minimum Gasteiger partial charge on any atom is -0.468 e. The number of amides is 1. The Hall–Kier alpha value is -3.43. The van der Waals surface area contributed by atoms with Crippen LogP contribution in [0, 0.1) is 6.92 Å². The fraction of sp³-hybridized carbons (Fsp3) is 0.452. The Balaban J connectivity index is 0.000000521. The van der Waals surface area contributed by atoms with E-state index >= 15 is 0 Å². The first kappa shape index (κ1) is 37.6. The van der Waals surface area contributed by atoms with E-state index in [4.69, 9.17) is 9.84 Å². The minimum absolute atomic E-state index is 0.0199. The lowest BCUT2D eigenvalue weighted by Crippen LogP contribution is -2.35. The minimum atomic E-state index is -4.68. The summed E-state index contributed by atoms with van der Waals surface area (Å²) in [6, 6.07) is 9.96. The van der Waals surface area contributed by atoms with Crippen molar-refractivity contribution in [3.8, 4) is 0 Å². The molecule has 0 aliphatic heterocycles. The van der Waals surface area contributed by atoms with Crippen molar-refractivity contribution in [2.45, 2.75) is 66.2 Å². The zero-order chi connectivity index (χ0) is 33.1. The molecule has 8 nitrogen and oxygen atoms in total. The number of rotatable bonds is 6. The summed E-state index contributed by atoms with van der Waals surface area (Å²) in [6.45, 7) is 10.8. The third kappa shape index (κ3) is 11.0. The first-order valence-electron chi connectivity index (χ1n) is 13.7. The Kier molecular flexibility index (Phi) is 14.4. The first-order chi connectivity index (χ1) is 20.0. The number of carbonyl (C=O) groups excluding carboxylic acids is 2. The van der Waals surface area contributed by atoms with Gasteiger partial charge in [-0.25, -0.2) is 4.79 Å². The second-order valence-electron chi connectivity index (χ2n) is 10.3. The third-order valence-corrected chi connectivity index (χ3v) is 6.85. The lowest BCUT2D eigenvalue weighted by atomic mass is 9.95. The molecule has 0 bridgehead atoms. The summed E-state index contributed by atoms with van der Waals surface area (Å²) in [7, 11) is 5.28. The summed E-state index contributed by atoms with van der Waals surface area (Å²) < 4.78 is 52.7. The number of methoxy groups -OCH3 is 1. The van der Waals surface area contributed by atoms with Crippen molar-refractivity contribution in [1.29, 1.82) is 0 Å². The summed E-state index contributed by atoms with van der Waals surface area (Å²) in [5, 5.41) is 12.2. The molecule has 0 fully saturated rings. The summed E-state index contributed by atoms with van der Waals surface area (Å²) in [5.74, 6) is -0.508. The molecule has 43 heavy (non-hydrogen) atoms. The maximum Gasteiger partial charge on any atom is 0.417 e. The number of esters is 1. The lowest BCUT2D eigenvalue weighted by Gasteiger charge is -2.19. The van der Waals surface area contributed by atoms with Gasteiger partial charge in [0.25, 0.3) is 5.56 Å². The lowest BCUT2D eigenvalue weighted by molar-refractivity contribution is -0.139. The molecular formula is C31H42F3N2O6P. The van der Waals surface area contributed by atoms with E-state index in [2.05, 4.69) is 19.3 Å². The number of alkyl carbamates (subject to hydrolysis) is 1. The Bertz CT molecular complexity index is 1460. The molecule has 1 amide bonds. The Morgan fingerprint density at radius 3 is 2.26 bits per heavy atom. The Morgan fingerprint density at radius 2 is 1.72 bits per heavy atom. The van der Waals surface area contributed by atoms with Crippen molar-refractivity contribution in [2.75, 3.05) is 20.3 Å². The average molecular weight is 627 g/mol. The largest absolute Gasteiger partial charge is 0.468 e. The predicted molar refractivity (Wildman–Crippen MR) is 166 cm³/mol. The molecule has 2 aromatic carbocycles. The molecule has 238 valence electrons. The third-order valence-electron chi connectivity index (χ3n) is 6.03. The van der Waals surface area contributed by atoms with Crippen molar-refractivity contribution < 1.29 is 37.3 Å². The molecule has 1 aromatic heterocycles. The molecule has 0 radical (unpaired) electrons. The standard InChI is InChI=1S/C21H21F3NO2P.C8H15NO4.C2H6/c1-12-4-3-5-14(19(12)28)11-16-18(21(22,23)24)15-10-13(8-9-26)6-7-17(15)25(2)20(16)27;1-8(2,3)13-7(11)9-5-6(10)12-4;1-2/h3-7,10,26H,8-9,11,28H2,1-2H3;5H2,1-4H3,(H,9,11);1-2H3. The summed E-state index contributed by atoms with van der Waals surface area (Å²) >= 11 is 0. The zero-order valence-electron chi connectivity index (χ0n) is 25.9. The highest BCUT2D eigenvalue weighted by Gasteiger charge is 2.37. The number of hydrogen-bond acceptors (Lipinski definition) is 6. The van der Waals surface area contributed by atoms with Gasteiger partial charge in [0.2, 0.25) is 0 Å². The van der Waals surface area contributed by atoms with Crippen molar-refractivity contribution in [3.63, 3.8) is 0 Å². The fourth-order valence-electron chi connectivity index (χ4n) is 4.05. The molecule has 3 rings (SSSR count). The number of hydrogen-bond donors (Lipinski definition) is 2. The average Bonchev–Trinajstić information content (AvgIpc) is 2.92. The Morgan fingerprint density at radius 1 is 1.09 bits per heavy atom. The van der Waals surface area contributed by atoms with E-state index in [1.165, 1.54) is 30.9 Å². The van der Waals surface area contributed by atoms with Crippen molar-refractivity contribution >= 4 is 37.5 Å². The number of aliphatic hydroxyl groups is 1. The molecule has 1 heterocycles. The first-order valence-corrected chi connectivity index (χ1v) is 14.3. The van der Waals surface area contributed by atoms with Gasteiger partial charge in [0.1, 0.15) is 12.1 Å². The van der Waals surface area contributed by atoms with Gasteiger partial charge in [0.05, 0.1) is 18.2 Å². The van der Waals surface area contributed by atoms with E-state index in [0.717, 1.165) is 10.9 Å². The maximum atomic E-state index is 14.1. The molecule has 1 atom stereocenters. The van der Waals surface area contributed by atoms with Crippen LogP contribution < -0.4 is 16.2 Å². The van der Waals surface area contributed by atoms with Gasteiger partial charge < -0.3 is 24.5 Å². The summed E-state index contributed by atoms with van der Waals surface area (Å²) in [6.07, 6.45) is -5.16. The van der Waals surface area contributed by atoms with Crippen molar-refractivity contribution in [1.82, 2.24) is 9.88 Å².